The van der Waals surface area contributed by atoms with Crippen LogP contribution in [0.4, 0.5) is 0 Å². The lowest BCUT2D eigenvalue weighted by Gasteiger charge is -2.38. The molecule has 1 heterocycles. The highest BCUT2D eigenvalue weighted by molar-refractivity contribution is 7.96. The Morgan fingerprint density at radius 1 is 1.42 bits per heavy atom. The van der Waals surface area contributed by atoms with Crippen molar-refractivity contribution in [3.8, 4) is 0 Å². The van der Waals surface area contributed by atoms with Crippen molar-refractivity contribution < 1.29 is 0 Å². The summed E-state index contributed by atoms with van der Waals surface area (Å²) in [6, 6.07) is 1.31. The first-order valence-corrected chi connectivity index (χ1v) is 5.86. The van der Waals surface area contributed by atoms with Crippen LogP contribution in [0.1, 0.15) is 20.8 Å². The Hall–Kier alpha value is 0.270. The third-order valence-corrected chi connectivity index (χ3v) is 3.25. The molecule has 2 atom stereocenters. The summed E-state index contributed by atoms with van der Waals surface area (Å²) in [6.07, 6.45) is 2.16. The fraction of sp³-hybridized carbons (Fsp3) is 1.00. The van der Waals surface area contributed by atoms with Gasteiger partial charge in [0, 0.05) is 25.2 Å². The molecule has 0 aromatic rings. The molecule has 1 fully saturated rings. The van der Waals surface area contributed by atoms with E-state index in [1.54, 1.807) is 0 Å². The van der Waals surface area contributed by atoms with Crippen molar-refractivity contribution >= 4 is 11.9 Å². The van der Waals surface area contributed by atoms with Gasteiger partial charge < -0.3 is 5.32 Å². The van der Waals surface area contributed by atoms with E-state index in [1.807, 2.05) is 11.9 Å². The molecule has 0 spiro atoms. The summed E-state index contributed by atoms with van der Waals surface area (Å²) in [6.45, 7) is 9.19. The highest BCUT2D eigenvalue weighted by Gasteiger charge is 2.25. The molecule has 0 saturated carbocycles. The fourth-order valence-electron chi connectivity index (χ4n) is 1.62. The van der Waals surface area contributed by atoms with Crippen molar-refractivity contribution in [3.05, 3.63) is 0 Å². The standard InChI is InChI=1S/C9H20N2S/c1-7(2)9-6-11(12-4)5-8(3)10-9/h7-10H,5-6H2,1-4H3/t8-,9+/m1/s1. The van der Waals surface area contributed by atoms with E-state index in [9.17, 15) is 0 Å². The lowest BCUT2D eigenvalue weighted by atomic mass is 10.0. The van der Waals surface area contributed by atoms with E-state index in [4.69, 9.17) is 0 Å². The van der Waals surface area contributed by atoms with Gasteiger partial charge in [0.2, 0.25) is 0 Å². The monoisotopic (exact) mass is 188 g/mol. The molecule has 1 N–H and O–H groups in total. The number of nitrogens with zero attached hydrogens (tertiary/aromatic N) is 1. The maximum Gasteiger partial charge on any atom is 0.0247 e. The van der Waals surface area contributed by atoms with Gasteiger partial charge in [-0.3, -0.25) is 0 Å². The molecule has 0 bridgehead atoms. The Morgan fingerprint density at radius 2 is 2.08 bits per heavy atom. The minimum atomic E-state index is 0.638. The third-order valence-electron chi connectivity index (χ3n) is 2.44. The molecule has 1 aliphatic rings. The summed E-state index contributed by atoms with van der Waals surface area (Å²) < 4.78 is 2.45. The van der Waals surface area contributed by atoms with Crippen molar-refractivity contribution in [2.45, 2.75) is 32.9 Å². The summed E-state index contributed by atoms with van der Waals surface area (Å²) in [4.78, 5) is 0. The molecular formula is C9H20N2S. The van der Waals surface area contributed by atoms with Crippen LogP contribution in [0.25, 0.3) is 0 Å². The van der Waals surface area contributed by atoms with Gasteiger partial charge in [0.05, 0.1) is 0 Å². The zero-order chi connectivity index (χ0) is 9.14. The van der Waals surface area contributed by atoms with Gasteiger partial charge in [-0.25, -0.2) is 4.31 Å². The summed E-state index contributed by atoms with van der Waals surface area (Å²) in [5, 5.41) is 3.63. The maximum atomic E-state index is 3.63. The molecule has 1 rings (SSSR count). The van der Waals surface area contributed by atoms with Gasteiger partial charge in [0.15, 0.2) is 0 Å². The lowest BCUT2D eigenvalue weighted by molar-refractivity contribution is 0.229. The molecule has 0 aromatic heterocycles. The highest BCUT2D eigenvalue weighted by atomic mass is 32.2. The van der Waals surface area contributed by atoms with Gasteiger partial charge in [-0.15, -0.1) is 0 Å². The number of hydrogen-bond acceptors (Lipinski definition) is 3. The topological polar surface area (TPSA) is 15.3 Å². The Labute approximate surface area is 80.2 Å². The Morgan fingerprint density at radius 3 is 2.58 bits per heavy atom. The van der Waals surface area contributed by atoms with Crippen molar-refractivity contribution in [1.29, 1.82) is 0 Å². The molecule has 3 heteroatoms. The molecule has 0 aromatic carbocycles. The Balaban J connectivity index is 2.45. The molecule has 1 aliphatic heterocycles. The van der Waals surface area contributed by atoms with Crippen LogP contribution in [-0.4, -0.2) is 35.7 Å². The minimum Gasteiger partial charge on any atom is -0.309 e. The molecule has 0 amide bonds. The van der Waals surface area contributed by atoms with Crippen LogP contribution in [0.2, 0.25) is 0 Å². The predicted molar refractivity (Wildman–Crippen MR) is 56.3 cm³/mol. The second-order valence-electron chi connectivity index (χ2n) is 3.95. The van der Waals surface area contributed by atoms with E-state index in [2.05, 4.69) is 36.6 Å². The second-order valence-corrected chi connectivity index (χ2v) is 4.83. The quantitative estimate of drug-likeness (QED) is 0.662. The molecule has 2 nitrogen and oxygen atoms in total. The molecule has 1 saturated heterocycles. The smallest absolute Gasteiger partial charge is 0.0247 e. The fourth-order valence-corrected chi connectivity index (χ4v) is 2.30. The van der Waals surface area contributed by atoms with Crippen LogP contribution in [0, 0.1) is 5.92 Å². The first-order valence-electron chi connectivity index (χ1n) is 4.68. The normalized spacial score (nSPS) is 32.8. The van der Waals surface area contributed by atoms with Crippen molar-refractivity contribution in [3.63, 3.8) is 0 Å². The average molecular weight is 188 g/mol. The van der Waals surface area contributed by atoms with Crippen LogP contribution in [-0.2, 0) is 0 Å². The van der Waals surface area contributed by atoms with Gasteiger partial charge in [-0.1, -0.05) is 25.8 Å². The molecule has 0 unspecified atom stereocenters. The lowest BCUT2D eigenvalue weighted by Crippen LogP contribution is -2.55. The van der Waals surface area contributed by atoms with Gasteiger partial charge in [0.1, 0.15) is 0 Å². The largest absolute Gasteiger partial charge is 0.309 e. The first-order chi connectivity index (χ1) is 5.63. The molecule has 0 radical (unpaired) electrons. The maximum absolute atomic E-state index is 3.63. The van der Waals surface area contributed by atoms with E-state index in [0.29, 0.717) is 12.1 Å². The van der Waals surface area contributed by atoms with E-state index in [-0.39, 0.29) is 0 Å². The van der Waals surface area contributed by atoms with E-state index >= 15 is 0 Å². The molecule has 12 heavy (non-hydrogen) atoms. The summed E-state index contributed by atoms with van der Waals surface area (Å²) in [5.41, 5.74) is 0. The van der Waals surface area contributed by atoms with Gasteiger partial charge >= 0.3 is 0 Å². The summed E-state index contributed by atoms with van der Waals surface area (Å²) >= 11 is 1.86. The van der Waals surface area contributed by atoms with Crippen LogP contribution in [0.15, 0.2) is 0 Å². The summed E-state index contributed by atoms with van der Waals surface area (Å²) in [5.74, 6) is 0.738. The predicted octanol–water partition coefficient (Wildman–Crippen LogP) is 1.58. The van der Waals surface area contributed by atoms with Crippen molar-refractivity contribution in [2.75, 3.05) is 19.3 Å². The molecule has 72 valence electrons. The van der Waals surface area contributed by atoms with Gasteiger partial charge in [-0.05, 0) is 19.1 Å². The number of rotatable bonds is 2. The van der Waals surface area contributed by atoms with Crippen LogP contribution in [0.5, 0.6) is 0 Å². The van der Waals surface area contributed by atoms with E-state index in [1.165, 1.54) is 13.1 Å². The van der Waals surface area contributed by atoms with Crippen molar-refractivity contribution in [2.24, 2.45) is 5.92 Å². The Kier molecular flexibility index (Phi) is 3.87. The summed E-state index contributed by atoms with van der Waals surface area (Å²) in [7, 11) is 0. The average Bonchev–Trinajstić information content (AvgIpc) is 2.03. The van der Waals surface area contributed by atoms with Crippen molar-refractivity contribution in [1.82, 2.24) is 9.62 Å². The molecular weight excluding hydrogens is 168 g/mol. The van der Waals surface area contributed by atoms with Gasteiger partial charge in [-0.2, -0.15) is 0 Å². The number of nitrogens with one attached hydrogen (secondary N) is 1. The minimum absolute atomic E-state index is 0.638. The number of piperazine rings is 1. The molecule has 0 aliphatic carbocycles. The van der Waals surface area contributed by atoms with Crippen LogP contribution >= 0.6 is 11.9 Å². The van der Waals surface area contributed by atoms with Crippen LogP contribution < -0.4 is 5.32 Å². The zero-order valence-corrected chi connectivity index (χ0v) is 9.32. The Bertz CT molecular complexity index is 138. The highest BCUT2D eigenvalue weighted by Crippen LogP contribution is 2.16. The van der Waals surface area contributed by atoms with E-state index in [0.717, 1.165) is 5.92 Å². The second kappa shape index (κ2) is 4.49. The zero-order valence-electron chi connectivity index (χ0n) is 8.50. The third kappa shape index (κ3) is 2.64. The van der Waals surface area contributed by atoms with Gasteiger partial charge in [0.25, 0.3) is 0 Å². The first kappa shape index (κ1) is 10.4. The van der Waals surface area contributed by atoms with Crippen LogP contribution in [0.3, 0.4) is 0 Å². The number of hydrogen-bond donors (Lipinski definition) is 1. The SMILES string of the molecule is CSN1C[C@@H](C)N[C@H](C(C)C)C1. The van der Waals surface area contributed by atoms with E-state index < -0.39 is 0 Å².